The molecule has 1 unspecified atom stereocenters. The van der Waals surface area contributed by atoms with E-state index in [1.165, 1.54) is 30.4 Å². The van der Waals surface area contributed by atoms with Crippen LogP contribution in [-0.2, 0) is 11.8 Å². The average Bonchev–Trinajstić information content (AvgIpc) is 2.76. The minimum atomic E-state index is 0.129. The first-order valence-electron chi connectivity index (χ1n) is 7.31. The van der Waals surface area contributed by atoms with Gasteiger partial charge in [0.05, 0.1) is 12.5 Å². The topological polar surface area (TPSA) is 18.5 Å². The lowest BCUT2D eigenvalue weighted by molar-refractivity contribution is 0.129. The molecule has 2 heteroatoms. The Balaban J connectivity index is 1.96. The Kier molecular flexibility index (Phi) is 2.27. The van der Waals surface area contributed by atoms with Gasteiger partial charge >= 0.3 is 0 Å². The summed E-state index contributed by atoms with van der Waals surface area (Å²) >= 11 is 0. The molecule has 4 rings (SSSR count). The summed E-state index contributed by atoms with van der Waals surface area (Å²) in [6, 6.07) is 4.30. The monoisotopic (exact) mass is 256 g/mol. The second-order valence-corrected chi connectivity index (χ2v) is 6.20. The Labute approximate surface area is 114 Å². The van der Waals surface area contributed by atoms with E-state index in [0.717, 1.165) is 17.9 Å². The van der Waals surface area contributed by atoms with E-state index in [2.05, 4.69) is 31.2 Å². The summed E-state index contributed by atoms with van der Waals surface area (Å²) in [4.78, 5) is 0. The summed E-state index contributed by atoms with van der Waals surface area (Å²) in [5.74, 6) is 2.53. The molecule has 100 valence electrons. The van der Waals surface area contributed by atoms with Crippen molar-refractivity contribution in [2.75, 3.05) is 7.11 Å². The number of hydrogen-bond donors (Lipinski definition) is 0. The maximum atomic E-state index is 6.34. The Morgan fingerprint density at radius 2 is 2.26 bits per heavy atom. The van der Waals surface area contributed by atoms with Crippen LogP contribution in [0.5, 0.6) is 11.5 Å². The fourth-order valence-corrected chi connectivity index (χ4v) is 4.15. The lowest BCUT2D eigenvalue weighted by Crippen LogP contribution is -2.41. The summed E-state index contributed by atoms with van der Waals surface area (Å²) in [6.45, 7) is 2.27. The zero-order chi connectivity index (χ0) is 13.0. The van der Waals surface area contributed by atoms with Gasteiger partial charge in [-0.1, -0.05) is 25.1 Å². The number of hydrogen-bond acceptors (Lipinski definition) is 2. The lowest BCUT2D eigenvalue weighted by atomic mass is 9.64. The second kappa shape index (κ2) is 3.78. The number of aryl methyl sites for hydroxylation is 1. The van der Waals surface area contributed by atoms with Crippen molar-refractivity contribution in [2.24, 2.45) is 5.92 Å². The van der Waals surface area contributed by atoms with E-state index >= 15 is 0 Å². The third-order valence-electron chi connectivity index (χ3n) is 5.07. The molecule has 1 heterocycles. The molecule has 0 fully saturated rings. The van der Waals surface area contributed by atoms with E-state index in [-0.39, 0.29) is 5.41 Å². The number of rotatable bonds is 1. The first kappa shape index (κ1) is 11.4. The van der Waals surface area contributed by atoms with Gasteiger partial charge in [-0.15, -0.1) is 0 Å². The van der Waals surface area contributed by atoms with Gasteiger partial charge < -0.3 is 9.47 Å². The third-order valence-corrected chi connectivity index (χ3v) is 5.07. The molecular formula is C17H20O2. The molecule has 2 aliphatic carbocycles. The van der Waals surface area contributed by atoms with Crippen molar-refractivity contribution in [1.29, 1.82) is 0 Å². The highest BCUT2D eigenvalue weighted by molar-refractivity contribution is 5.61. The fraction of sp³-hybridized carbons (Fsp3) is 0.529. The Morgan fingerprint density at radius 3 is 3.11 bits per heavy atom. The van der Waals surface area contributed by atoms with Gasteiger partial charge in [-0.3, -0.25) is 0 Å². The Hall–Kier alpha value is -1.44. The molecule has 19 heavy (non-hydrogen) atoms. The molecule has 0 amide bonds. The van der Waals surface area contributed by atoms with Crippen LogP contribution in [-0.4, -0.2) is 13.2 Å². The molecule has 3 aliphatic rings. The van der Waals surface area contributed by atoms with Gasteiger partial charge in [-0.05, 0) is 43.2 Å². The van der Waals surface area contributed by atoms with Gasteiger partial charge in [-0.2, -0.15) is 0 Å². The highest BCUT2D eigenvalue weighted by Gasteiger charge is 2.52. The van der Waals surface area contributed by atoms with Crippen molar-refractivity contribution >= 4 is 0 Å². The standard InChI is InChI=1S/C17H20O2/c1-11-7-9-17-8-3-4-12-5-6-13(18-2)16(15(12)17)19-14(17)10-11/h5-7,9,11,14H,3-4,8,10H2,1-2H3/t11?,14-,17+/m0/s1. The molecule has 3 atom stereocenters. The van der Waals surface area contributed by atoms with Crippen LogP contribution in [0, 0.1) is 5.92 Å². The first-order chi connectivity index (χ1) is 9.24. The van der Waals surface area contributed by atoms with Crippen LogP contribution in [0.4, 0.5) is 0 Å². The highest BCUT2D eigenvalue weighted by atomic mass is 16.5. The normalized spacial score (nSPS) is 34.4. The molecule has 0 radical (unpaired) electrons. The second-order valence-electron chi connectivity index (χ2n) is 6.20. The number of benzene rings is 1. The van der Waals surface area contributed by atoms with E-state index in [1.807, 2.05) is 0 Å². The Morgan fingerprint density at radius 1 is 1.37 bits per heavy atom. The van der Waals surface area contributed by atoms with Crippen molar-refractivity contribution in [1.82, 2.24) is 0 Å². The van der Waals surface area contributed by atoms with Crippen molar-refractivity contribution in [3.63, 3.8) is 0 Å². The maximum absolute atomic E-state index is 6.34. The van der Waals surface area contributed by atoms with Crippen molar-refractivity contribution < 1.29 is 9.47 Å². The summed E-state index contributed by atoms with van der Waals surface area (Å²) in [6.07, 6.45) is 9.88. The van der Waals surface area contributed by atoms with E-state index in [1.54, 1.807) is 7.11 Å². The van der Waals surface area contributed by atoms with E-state index < -0.39 is 0 Å². The lowest BCUT2D eigenvalue weighted by Gasteiger charge is -2.39. The van der Waals surface area contributed by atoms with E-state index in [0.29, 0.717) is 12.0 Å². The van der Waals surface area contributed by atoms with Crippen molar-refractivity contribution in [3.05, 3.63) is 35.4 Å². The molecule has 0 saturated heterocycles. The molecule has 0 saturated carbocycles. The largest absolute Gasteiger partial charge is 0.493 e. The minimum Gasteiger partial charge on any atom is -0.493 e. The van der Waals surface area contributed by atoms with Crippen LogP contribution >= 0.6 is 0 Å². The SMILES string of the molecule is COc1ccc2c3c1O[C@H]1CC(C)C=C[C@@]31CCC2. The summed E-state index contributed by atoms with van der Waals surface area (Å²) in [5.41, 5.74) is 3.01. The van der Waals surface area contributed by atoms with E-state index in [4.69, 9.17) is 9.47 Å². The van der Waals surface area contributed by atoms with Crippen LogP contribution in [0.3, 0.4) is 0 Å². The molecule has 1 spiro atoms. The quantitative estimate of drug-likeness (QED) is 0.714. The molecule has 2 nitrogen and oxygen atoms in total. The molecule has 1 aromatic rings. The highest BCUT2D eigenvalue weighted by Crippen LogP contribution is 2.57. The zero-order valence-electron chi connectivity index (χ0n) is 11.6. The van der Waals surface area contributed by atoms with Gasteiger partial charge in [0.2, 0.25) is 0 Å². The molecular weight excluding hydrogens is 236 g/mol. The predicted octanol–water partition coefficient (Wildman–Crippen LogP) is 3.63. The minimum absolute atomic E-state index is 0.129. The average molecular weight is 256 g/mol. The van der Waals surface area contributed by atoms with Crippen molar-refractivity contribution in [2.45, 2.75) is 44.1 Å². The number of allylic oxidation sites excluding steroid dienone is 1. The molecule has 0 bridgehead atoms. The first-order valence-corrected chi connectivity index (χ1v) is 7.31. The zero-order valence-corrected chi connectivity index (χ0v) is 11.6. The summed E-state index contributed by atoms with van der Waals surface area (Å²) in [5, 5.41) is 0. The van der Waals surface area contributed by atoms with Gasteiger partial charge in [-0.25, -0.2) is 0 Å². The van der Waals surface area contributed by atoms with Crippen LogP contribution in [0.25, 0.3) is 0 Å². The van der Waals surface area contributed by atoms with Crippen LogP contribution in [0.2, 0.25) is 0 Å². The molecule has 0 aromatic heterocycles. The number of ether oxygens (including phenoxy) is 2. The van der Waals surface area contributed by atoms with Gasteiger partial charge in [0.1, 0.15) is 6.10 Å². The summed E-state index contributed by atoms with van der Waals surface area (Å²) < 4.78 is 11.9. The van der Waals surface area contributed by atoms with Gasteiger partial charge in [0, 0.05) is 5.56 Å². The molecule has 0 N–H and O–H groups in total. The fourth-order valence-electron chi connectivity index (χ4n) is 4.15. The predicted molar refractivity (Wildman–Crippen MR) is 74.9 cm³/mol. The van der Waals surface area contributed by atoms with Gasteiger partial charge in [0.15, 0.2) is 11.5 Å². The third kappa shape index (κ3) is 1.37. The molecule has 1 aliphatic heterocycles. The molecule has 1 aromatic carbocycles. The maximum Gasteiger partial charge on any atom is 0.166 e. The van der Waals surface area contributed by atoms with Gasteiger partial charge in [0.25, 0.3) is 0 Å². The van der Waals surface area contributed by atoms with Crippen LogP contribution < -0.4 is 9.47 Å². The van der Waals surface area contributed by atoms with Crippen molar-refractivity contribution in [3.8, 4) is 11.5 Å². The summed E-state index contributed by atoms with van der Waals surface area (Å²) in [7, 11) is 1.73. The van der Waals surface area contributed by atoms with Crippen LogP contribution in [0.15, 0.2) is 24.3 Å². The Bertz CT molecular complexity index is 561. The van der Waals surface area contributed by atoms with E-state index in [9.17, 15) is 0 Å². The smallest absolute Gasteiger partial charge is 0.166 e. The van der Waals surface area contributed by atoms with Crippen LogP contribution in [0.1, 0.15) is 37.3 Å². The number of methoxy groups -OCH3 is 1.